The maximum atomic E-state index is 12.1. The summed E-state index contributed by atoms with van der Waals surface area (Å²) in [5.41, 5.74) is 10.4. The molecule has 1 aromatic carbocycles. The minimum atomic E-state index is -0.497. The molecule has 2 aromatic heterocycles. The van der Waals surface area contributed by atoms with Crippen molar-refractivity contribution >= 4 is 22.8 Å². The van der Waals surface area contributed by atoms with Gasteiger partial charge in [0, 0.05) is 19.5 Å². The van der Waals surface area contributed by atoms with Gasteiger partial charge in [0.05, 0.1) is 12.6 Å². The minimum absolute atomic E-state index is 0.205. The zero-order valence-electron chi connectivity index (χ0n) is 18.4. The van der Waals surface area contributed by atoms with E-state index in [9.17, 15) is 4.79 Å². The molecule has 1 fully saturated rings. The van der Waals surface area contributed by atoms with Crippen molar-refractivity contribution in [3.63, 3.8) is 0 Å². The highest BCUT2D eigenvalue weighted by Gasteiger charge is 2.18. The Morgan fingerprint density at radius 2 is 1.77 bits per heavy atom. The first-order valence-corrected chi connectivity index (χ1v) is 11.1. The van der Waals surface area contributed by atoms with Gasteiger partial charge in [-0.15, -0.1) is 0 Å². The summed E-state index contributed by atoms with van der Waals surface area (Å²) in [6, 6.07) is 10.5. The van der Waals surface area contributed by atoms with Crippen LogP contribution < -0.4 is 5.73 Å². The maximum Gasteiger partial charge on any atom is 0.356 e. The van der Waals surface area contributed by atoms with Crippen LogP contribution in [0, 0.1) is 0 Å². The van der Waals surface area contributed by atoms with Crippen LogP contribution in [0.1, 0.15) is 60.0 Å². The number of aryl methyl sites for hydroxylation is 1. The molecule has 0 bridgehead atoms. The zero-order valence-corrected chi connectivity index (χ0v) is 18.4. The summed E-state index contributed by atoms with van der Waals surface area (Å²) in [6.45, 7) is 6.24. The highest BCUT2D eigenvalue weighted by molar-refractivity contribution is 5.95. The Bertz CT molecular complexity index is 1050. The van der Waals surface area contributed by atoms with E-state index in [1.165, 1.54) is 44.2 Å². The van der Waals surface area contributed by atoms with Gasteiger partial charge in [-0.3, -0.25) is 4.90 Å². The number of likely N-dealkylation sites (tertiary alicyclic amines) is 1. The van der Waals surface area contributed by atoms with E-state index in [1.54, 1.807) is 6.07 Å². The Labute approximate surface area is 183 Å². The molecule has 0 amide bonds. The Morgan fingerprint density at radius 1 is 1.10 bits per heavy atom. The molecule has 3 aromatic rings. The van der Waals surface area contributed by atoms with E-state index < -0.39 is 5.97 Å². The molecule has 7 nitrogen and oxygen atoms in total. The van der Waals surface area contributed by atoms with E-state index >= 15 is 0 Å². The van der Waals surface area contributed by atoms with Crippen molar-refractivity contribution in [3.8, 4) is 0 Å². The van der Waals surface area contributed by atoms with Crippen molar-refractivity contribution in [1.29, 1.82) is 0 Å². The summed E-state index contributed by atoms with van der Waals surface area (Å²) in [4.78, 5) is 23.5. The molecule has 1 aliphatic rings. The second-order valence-electron chi connectivity index (χ2n) is 8.27. The quantitative estimate of drug-likeness (QED) is 0.557. The number of nitrogens with two attached hydrogens (primary N) is 1. The molecule has 0 spiro atoms. The van der Waals surface area contributed by atoms with E-state index in [0.29, 0.717) is 12.1 Å². The number of fused-ring (bicyclic) bond motifs is 1. The summed E-state index contributed by atoms with van der Waals surface area (Å²) in [5, 5.41) is 0. The molecule has 1 aliphatic heterocycles. The van der Waals surface area contributed by atoms with E-state index in [4.69, 9.17) is 15.5 Å². The van der Waals surface area contributed by atoms with Crippen LogP contribution in [0.5, 0.6) is 0 Å². The predicted octanol–water partition coefficient (Wildman–Crippen LogP) is 3.79. The minimum Gasteiger partial charge on any atom is -0.464 e. The molecule has 7 heteroatoms. The zero-order chi connectivity index (χ0) is 21.8. The number of nitrogens with zero attached hydrogens (tertiary/aromatic N) is 4. The third-order valence-corrected chi connectivity index (χ3v) is 5.96. The van der Waals surface area contributed by atoms with Crippen LogP contribution in [0.4, 0.5) is 5.82 Å². The van der Waals surface area contributed by atoms with Crippen molar-refractivity contribution in [2.45, 2.75) is 52.1 Å². The number of benzene rings is 1. The molecule has 164 valence electrons. The summed E-state index contributed by atoms with van der Waals surface area (Å²) >= 11 is 0. The SMILES string of the molecule is CCCCc1nc2c(N)nc(C(=O)OC)cc2n1Cc1ccc(CN2CCCC2)cc1. The standard InChI is InChI=1S/C24H31N5O2/c1-3-4-7-21-27-22-20(14-19(24(30)31-2)26-23(22)25)29(21)16-18-10-8-17(9-11-18)15-28-12-5-6-13-28/h8-11,14H,3-7,12-13,15-16H2,1-2H3,(H2,25,26). The molecule has 0 unspecified atom stereocenters. The van der Waals surface area contributed by atoms with Crippen LogP contribution in [0.15, 0.2) is 30.3 Å². The monoisotopic (exact) mass is 421 g/mol. The number of aromatic nitrogens is 3. The topological polar surface area (TPSA) is 86.3 Å². The number of carbonyl (C=O) groups is 1. The average molecular weight is 422 g/mol. The average Bonchev–Trinajstić information content (AvgIpc) is 3.41. The second-order valence-corrected chi connectivity index (χ2v) is 8.27. The molecule has 1 saturated heterocycles. The van der Waals surface area contributed by atoms with Gasteiger partial charge in [0.15, 0.2) is 11.5 Å². The third-order valence-electron chi connectivity index (χ3n) is 5.96. The lowest BCUT2D eigenvalue weighted by Gasteiger charge is -2.15. The Balaban J connectivity index is 1.65. The van der Waals surface area contributed by atoms with Gasteiger partial charge >= 0.3 is 5.97 Å². The molecule has 2 N–H and O–H groups in total. The first-order chi connectivity index (χ1) is 15.1. The molecular weight excluding hydrogens is 390 g/mol. The summed E-state index contributed by atoms with van der Waals surface area (Å²) in [5.74, 6) is 0.728. The van der Waals surface area contributed by atoms with Gasteiger partial charge in [0.2, 0.25) is 0 Å². The second kappa shape index (κ2) is 9.47. The molecular formula is C24H31N5O2. The smallest absolute Gasteiger partial charge is 0.356 e. The first-order valence-electron chi connectivity index (χ1n) is 11.1. The fraction of sp³-hybridized carbons (Fsp3) is 0.458. The van der Waals surface area contributed by atoms with E-state index in [0.717, 1.165) is 37.1 Å². The molecule has 0 atom stereocenters. The fourth-order valence-corrected chi connectivity index (χ4v) is 4.24. The predicted molar refractivity (Wildman–Crippen MR) is 122 cm³/mol. The molecule has 3 heterocycles. The molecule has 0 aliphatic carbocycles. The van der Waals surface area contributed by atoms with Crippen LogP contribution >= 0.6 is 0 Å². The van der Waals surface area contributed by atoms with Gasteiger partial charge in [-0.1, -0.05) is 37.6 Å². The first kappa shape index (κ1) is 21.3. The third kappa shape index (κ3) is 4.71. The fourth-order valence-electron chi connectivity index (χ4n) is 4.24. The number of carbonyl (C=O) groups excluding carboxylic acids is 1. The number of esters is 1. The number of rotatable bonds is 8. The number of imidazole rings is 1. The van der Waals surface area contributed by atoms with Crippen LogP contribution in [-0.2, 0) is 24.2 Å². The van der Waals surface area contributed by atoms with Gasteiger partial charge in [-0.25, -0.2) is 14.8 Å². The van der Waals surface area contributed by atoms with Crippen LogP contribution in [0.2, 0.25) is 0 Å². The Hall–Kier alpha value is -2.93. The molecule has 31 heavy (non-hydrogen) atoms. The van der Waals surface area contributed by atoms with Gasteiger partial charge in [-0.2, -0.15) is 0 Å². The Morgan fingerprint density at radius 3 is 2.42 bits per heavy atom. The van der Waals surface area contributed by atoms with E-state index in [-0.39, 0.29) is 11.5 Å². The van der Waals surface area contributed by atoms with Gasteiger partial charge in [0.25, 0.3) is 0 Å². The number of hydrogen-bond acceptors (Lipinski definition) is 6. The maximum absolute atomic E-state index is 12.1. The lowest BCUT2D eigenvalue weighted by molar-refractivity contribution is 0.0594. The lowest BCUT2D eigenvalue weighted by Crippen LogP contribution is -2.18. The lowest BCUT2D eigenvalue weighted by atomic mass is 10.1. The number of anilines is 1. The van der Waals surface area contributed by atoms with Crippen LogP contribution in [0.3, 0.4) is 0 Å². The van der Waals surface area contributed by atoms with Crippen molar-refractivity contribution in [3.05, 3.63) is 53.0 Å². The highest BCUT2D eigenvalue weighted by Crippen LogP contribution is 2.25. The van der Waals surface area contributed by atoms with Gasteiger partial charge < -0.3 is 15.0 Å². The summed E-state index contributed by atoms with van der Waals surface area (Å²) < 4.78 is 7.00. The van der Waals surface area contributed by atoms with Crippen molar-refractivity contribution in [1.82, 2.24) is 19.4 Å². The number of pyridine rings is 1. The normalized spacial score (nSPS) is 14.4. The van der Waals surface area contributed by atoms with Crippen molar-refractivity contribution < 1.29 is 9.53 Å². The number of ether oxygens (including phenoxy) is 1. The summed E-state index contributed by atoms with van der Waals surface area (Å²) in [6.07, 6.45) is 5.58. The number of methoxy groups -OCH3 is 1. The van der Waals surface area contributed by atoms with Crippen molar-refractivity contribution in [2.75, 3.05) is 25.9 Å². The van der Waals surface area contributed by atoms with Gasteiger partial charge in [0.1, 0.15) is 11.3 Å². The van der Waals surface area contributed by atoms with Crippen LogP contribution in [-0.4, -0.2) is 45.6 Å². The number of nitrogen functional groups attached to an aromatic ring is 1. The Kier molecular flexibility index (Phi) is 6.51. The molecule has 0 radical (unpaired) electrons. The van der Waals surface area contributed by atoms with Crippen LogP contribution in [0.25, 0.3) is 11.0 Å². The number of hydrogen-bond donors (Lipinski definition) is 1. The molecule has 0 saturated carbocycles. The van der Waals surface area contributed by atoms with Crippen molar-refractivity contribution in [2.24, 2.45) is 0 Å². The van der Waals surface area contributed by atoms with E-state index in [2.05, 4.69) is 45.6 Å². The number of unbranched alkanes of at least 4 members (excludes halogenated alkanes) is 1. The largest absolute Gasteiger partial charge is 0.464 e. The summed E-state index contributed by atoms with van der Waals surface area (Å²) in [7, 11) is 1.35. The highest BCUT2D eigenvalue weighted by atomic mass is 16.5. The molecule has 4 rings (SSSR count). The van der Waals surface area contributed by atoms with E-state index in [1.807, 2.05) is 0 Å². The van der Waals surface area contributed by atoms with Gasteiger partial charge in [-0.05, 0) is 49.5 Å².